The Labute approximate surface area is 158 Å². The molecule has 0 aromatic heterocycles. The van der Waals surface area contributed by atoms with Gasteiger partial charge in [0, 0.05) is 44.9 Å². The number of ether oxygens (including phenoxy) is 2. The molecule has 0 aromatic rings. The van der Waals surface area contributed by atoms with Gasteiger partial charge in [-0.05, 0) is 59.9 Å². The van der Waals surface area contributed by atoms with Crippen molar-refractivity contribution in [2.45, 2.75) is 86.4 Å². The Morgan fingerprint density at radius 2 is 1.40 bits per heavy atom. The van der Waals surface area contributed by atoms with Gasteiger partial charge in [0.15, 0.2) is 0 Å². The molecule has 1 atom stereocenters. The third kappa shape index (κ3) is 13.7. The largest absolute Gasteiger partial charge is 0.380 e. The predicted molar refractivity (Wildman–Crippen MR) is 109 cm³/mol. The zero-order valence-corrected chi connectivity index (χ0v) is 18.4. The van der Waals surface area contributed by atoms with Crippen LogP contribution in [-0.2, 0) is 9.47 Å². The van der Waals surface area contributed by atoms with Crippen LogP contribution in [0.5, 0.6) is 0 Å². The highest BCUT2D eigenvalue weighted by molar-refractivity contribution is 4.65. The number of rotatable bonds is 16. The summed E-state index contributed by atoms with van der Waals surface area (Å²) in [5.74, 6) is 0.611. The van der Waals surface area contributed by atoms with Crippen LogP contribution in [-0.4, -0.2) is 74.0 Å². The van der Waals surface area contributed by atoms with E-state index in [-0.39, 0.29) is 0 Å². The average molecular weight is 359 g/mol. The second-order valence-electron chi connectivity index (χ2n) is 8.14. The lowest BCUT2D eigenvalue weighted by Crippen LogP contribution is -2.36. The van der Waals surface area contributed by atoms with Crippen LogP contribution in [0.2, 0.25) is 0 Å². The molecule has 0 amide bonds. The Bertz CT molecular complexity index is 296. The maximum absolute atomic E-state index is 6.02. The minimum atomic E-state index is 0.326. The zero-order valence-electron chi connectivity index (χ0n) is 18.4. The standard InChI is InChI=1S/C21H46N2O2/c1-9-22(19(4)5)12-10-15-25-21(8)11-13-23(20(6)7)14-16-24-17-18(2)3/h18-21H,9-17H2,1-8H3. The van der Waals surface area contributed by atoms with Crippen LogP contribution in [0, 0.1) is 5.92 Å². The fraction of sp³-hybridized carbons (Fsp3) is 1.00. The molecule has 0 fully saturated rings. The Morgan fingerprint density at radius 1 is 0.760 bits per heavy atom. The third-order valence-electron chi connectivity index (χ3n) is 4.66. The summed E-state index contributed by atoms with van der Waals surface area (Å²) >= 11 is 0. The van der Waals surface area contributed by atoms with E-state index in [2.05, 4.69) is 65.2 Å². The van der Waals surface area contributed by atoms with Crippen LogP contribution in [0.4, 0.5) is 0 Å². The van der Waals surface area contributed by atoms with E-state index < -0.39 is 0 Å². The molecule has 0 radical (unpaired) electrons. The highest BCUT2D eigenvalue weighted by atomic mass is 16.5. The Balaban J connectivity index is 3.89. The van der Waals surface area contributed by atoms with Crippen LogP contribution in [0.3, 0.4) is 0 Å². The molecule has 0 spiro atoms. The van der Waals surface area contributed by atoms with E-state index in [0.29, 0.717) is 24.1 Å². The topological polar surface area (TPSA) is 24.9 Å². The molecule has 0 aromatic carbocycles. The molecule has 1 unspecified atom stereocenters. The van der Waals surface area contributed by atoms with Crippen molar-refractivity contribution in [3.63, 3.8) is 0 Å². The van der Waals surface area contributed by atoms with Crippen LogP contribution in [0.1, 0.15) is 68.2 Å². The molecule has 0 saturated heterocycles. The first-order valence-electron chi connectivity index (χ1n) is 10.4. The number of nitrogens with zero attached hydrogens (tertiary/aromatic N) is 2. The SMILES string of the molecule is CCN(CCCOC(C)CCN(CCOCC(C)C)C(C)C)C(C)C. The van der Waals surface area contributed by atoms with Crippen molar-refractivity contribution in [3.05, 3.63) is 0 Å². The Kier molecular flexibility index (Phi) is 14.9. The molecule has 4 heteroatoms. The Morgan fingerprint density at radius 3 is 1.92 bits per heavy atom. The lowest BCUT2D eigenvalue weighted by atomic mass is 10.2. The van der Waals surface area contributed by atoms with Gasteiger partial charge in [-0.3, -0.25) is 4.90 Å². The average Bonchev–Trinajstić information content (AvgIpc) is 2.53. The molecule has 0 N–H and O–H groups in total. The minimum Gasteiger partial charge on any atom is -0.380 e. The second-order valence-corrected chi connectivity index (χ2v) is 8.14. The first-order chi connectivity index (χ1) is 11.8. The maximum Gasteiger partial charge on any atom is 0.0593 e. The van der Waals surface area contributed by atoms with Gasteiger partial charge in [-0.1, -0.05) is 20.8 Å². The summed E-state index contributed by atoms with van der Waals surface area (Å²) < 4.78 is 11.8. The van der Waals surface area contributed by atoms with Crippen LogP contribution < -0.4 is 0 Å². The summed E-state index contributed by atoms with van der Waals surface area (Å²) in [4.78, 5) is 4.99. The molecule has 0 heterocycles. The van der Waals surface area contributed by atoms with Gasteiger partial charge >= 0.3 is 0 Å². The minimum absolute atomic E-state index is 0.326. The highest BCUT2D eigenvalue weighted by Gasteiger charge is 2.12. The summed E-state index contributed by atoms with van der Waals surface area (Å²) in [5, 5.41) is 0. The fourth-order valence-corrected chi connectivity index (χ4v) is 2.89. The third-order valence-corrected chi connectivity index (χ3v) is 4.66. The van der Waals surface area contributed by atoms with Crippen molar-refractivity contribution in [1.29, 1.82) is 0 Å². The van der Waals surface area contributed by atoms with Crippen molar-refractivity contribution in [1.82, 2.24) is 9.80 Å². The van der Waals surface area contributed by atoms with Crippen LogP contribution >= 0.6 is 0 Å². The van der Waals surface area contributed by atoms with Gasteiger partial charge < -0.3 is 14.4 Å². The van der Waals surface area contributed by atoms with Crippen molar-refractivity contribution in [2.75, 3.05) is 46.0 Å². The van der Waals surface area contributed by atoms with E-state index >= 15 is 0 Å². The summed E-state index contributed by atoms with van der Waals surface area (Å²) in [6.45, 7) is 24.8. The van der Waals surface area contributed by atoms with E-state index in [1.165, 1.54) is 0 Å². The molecule has 25 heavy (non-hydrogen) atoms. The van der Waals surface area contributed by atoms with Gasteiger partial charge in [-0.2, -0.15) is 0 Å². The Hall–Kier alpha value is -0.160. The van der Waals surface area contributed by atoms with Gasteiger partial charge in [-0.15, -0.1) is 0 Å². The first kappa shape index (κ1) is 24.8. The summed E-state index contributed by atoms with van der Waals surface area (Å²) in [7, 11) is 0. The van der Waals surface area contributed by atoms with E-state index in [4.69, 9.17) is 9.47 Å². The van der Waals surface area contributed by atoms with Crippen molar-refractivity contribution in [2.24, 2.45) is 5.92 Å². The van der Waals surface area contributed by atoms with E-state index in [1.54, 1.807) is 0 Å². The smallest absolute Gasteiger partial charge is 0.0593 e. The number of hydrogen-bond acceptors (Lipinski definition) is 4. The summed E-state index contributed by atoms with van der Waals surface area (Å²) in [5.41, 5.74) is 0. The van der Waals surface area contributed by atoms with Gasteiger partial charge in [0.25, 0.3) is 0 Å². The molecule has 152 valence electrons. The molecule has 0 saturated carbocycles. The first-order valence-corrected chi connectivity index (χ1v) is 10.4. The van der Waals surface area contributed by atoms with Gasteiger partial charge in [-0.25, -0.2) is 0 Å². The molecular formula is C21H46N2O2. The van der Waals surface area contributed by atoms with Crippen molar-refractivity contribution >= 4 is 0 Å². The van der Waals surface area contributed by atoms with Crippen LogP contribution in [0.15, 0.2) is 0 Å². The number of hydrogen-bond donors (Lipinski definition) is 0. The van der Waals surface area contributed by atoms with Gasteiger partial charge in [0.05, 0.1) is 12.7 Å². The molecule has 0 rings (SSSR count). The van der Waals surface area contributed by atoms with Gasteiger partial charge in [0.2, 0.25) is 0 Å². The second kappa shape index (κ2) is 15.0. The normalized spacial score (nSPS) is 13.8. The molecule has 0 aliphatic carbocycles. The quantitative estimate of drug-likeness (QED) is 0.384. The van der Waals surface area contributed by atoms with Crippen molar-refractivity contribution < 1.29 is 9.47 Å². The summed E-state index contributed by atoms with van der Waals surface area (Å²) in [6, 6.07) is 1.18. The lowest BCUT2D eigenvalue weighted by molar-refractivity contribution is 0.0348. The molecular weight excluding hydrogens is 312 g/mol. The fourth-order valence-electron chi connectivity index (χ4n) is 2.89. The van der Waals surface area contributed by atoms with Gasteiger partial charge in [0.1, 0.15) is 0 Å². The monoisotopic (exact) mass is 358 g/mol. The maximum atomic E-state index is 6.02. The highest BCUT2D eigenvalue weighted by Crippen LogP contribution is 2.06. The summed E-state index contributed by atoms with van der Waals surface area (Å²) in [6.07, 6.45) is 2.53. The van der Waals surface area contributed by atoms with Crippen LogP contribution in [0.25, 0.3) is 0 Å². The lowest BCUT2D eigenvalue weighted by Gasteiger charge is -2.28. The molecule has 0 aliphatic rings. The molecule has 0 aliphatic heterocycles. The molecule has 4 nitrogen and oxygen atoms in total. The van der Waals surface area contributed by atoms with E-state index in [0.717, 1.165) is 58.8 Å². The van der Waals surface area contributed by atoms with Crippen molar-refractivity contribution in [3.8, 4) is 0 Å². The molecule has 0 bridgehead atoms. The van der Waals surface area contributed by atoms with E-state index in [1.807, 2.05) is 0 Å². The zero-order chi connectivity index (χ0) is 19.2. The predicted octanol–water partition coefficient (Wildman–Crippen LogP) is 4.29. The van der Waals surface area contributed by atoms with E-state index in [9.17, 15) is 0 Å².